The van der Waals surface area contributed by atoms with Crippen LogP contribution in [0.1, 0.15) is 24.1 Å². The average molecular weight is 347 g/mol. The first-order valence-electron chi connectivity index (χ1n) is 7.60. The minimum Gasteiger partial charge on any atom is -0.493 e. The number of hydrogen-bond acceptors (Lipinski definition) is 3. The highest BCUT2D eigenvalue weighted by Crippen LogP contribution is 2.31. The van der Waals surface area contributed by atoms with Gasteiger partial charge < -0.3 is 14.8 Å². The van der Waals surface area contributed by atoms with Gasteiger partial charge in [-0.05, 0) is 25.1 Å². The van der Waals surface area contributed by atoms with Crippen molar-refractivity contribution in [1.29, 1.82) is 0 Å². The van der Waals surface area contributed by atoms with Crippen molar-refractivity contribution in [2.75, 3.05) is 14.2 Å². The summed E-state index contributed by atoms with van der Waals surface area (Å²) in [5.74, 6) is -0.726. The van der Waals surface area contributed by atoms with Crippen molar-refractivity contribution in [2.45, 2.75) is 13.0 Å². The average Bonchev–Trinajstić information content (AvgIpc) is 2.59. The molecule has 0 bridgehead atoms. The topological polar surface area (TPSA) is 47.6 Å². The van der Waals surface area contributed by atoms with Gasteiger partial charge in [-0.15, -0.1) is 0 Å². The summed E-state index contributed by atoms with van der Waals surface area (Å²) in [5, 5.41) is 2.63. The van der Waals surface area contributed by atoms with Crippen molar-refractivity contribution in [3.63, 3.8) is 0 Å². The first-order valence-corrected chi connectivity index (χ1v) is 7.60. The smallest absolute Gasteiger partial charge is 0.244 e. The fraction of sp³-hybridized carbons (Fsp3) is 0.211. The Bertz CT molecular complexity index is 790. The number of amides is 1. The van der Waals surface area contributed by atoms with Crippen LogP contribution in [-0.2, 0) is 4.79 Å². The summed E-state index contributed by atoms with van der Waals surface area (Å²) in [6.07, 6.45) is 2.89. The van der Waals surface area contributed by atoms with Crippen LogP contribution in [0.2, 0.25) is 0 Å². The van der Waals surface area contributed by atoms with Crippen molar-refractivity contribution in [1.82, 2.24) is 5.32 Å². The second kappa shape index (κ2) is 8.28. The van der Waals surface area contributed by atoms with Crippen LogP contribution in [0.3, 0.4) is 0 Å². The number of hydrogen-bond donors (Lipinski definition) is 1. The normalized spacial score (nSPS) is 12.0. The van der Waals surface area contributed by atoms with Gasteiger partial charge in [0.25, 0.3) is 0 Å². The first kappa shape index (κ1) is 18.4. The van der Waals surface area contributed by atoms with Gasteiger partial charge in [0.2, 0.25) is 5.91 Å². The third-order valence-corrected chi connectivity index (χ3v) is 3.64. The number of rotatable bonds is 6. The van der Waals surface area contributed by atoms with Crippen LogP contribution >= 0.6 is 0 Å². The van der Waals surface area contributed by atoms with Crippen LogP contribution in [0.25, 0.3) is 6.08 Å². The molecule has 0 heterocycles. The Hall–Kier alpha value is -2.89. The molecular formula is C19H19F2NO3. The van der Waals surface area contributed by atoms with Gasteiger partial charge in [-0.3, -0.25) is 4.79 Å². The standard InChI is InChI=1S/C19H19F2NO3/c1-12(15-9-8-14(20)11-16(15)21)22-18(23)10-7-13-5-4-6-17(24-2)19(13)25-3/h4-12H,1-3H3,(H,22,23)/b10-7+/t12-/m1/s1. The molecule has 2 aromatic carbocycles. The van der Waals surface area contributed by atoms with Gasteiger partial charge >= 0.3 is 0 Å². The molecule has 25 heavy (non-hydrogen) atoms. The number of benzene rings is 2. The van der Waals surface area contributed by atoms with Crippen molar-refractivity contribution < 1.29 is 23.0 Å². The lowest BCUT2D eigenvalue weighted by atomic mass is 10.1. The Labute approximate surface area is 145 Å². The van der Waals surface area contributed by atoms with E-state index in [9.17, 15) is 13.6 Å². The van der Waals surface area contributed by atoms with Gasteiger partial charge in [-0.2, -0.15) is 0 Å². The monoisotopic (exact) mass is 347 g/mol. The molecule has 2 rings (SSSR count). The number of nitrogens with one attached hydrogen (secondary N) is 1. The fourth-order valence-corrected chi connectivity index (χ4v) is 2.40. The summed E-state index contributed by atoms with van der Waals surface area (Å²) in [6, 6.07) is 7.93. The highest BCUT2D eigenvalue weighted by Gasteiger charge is 2.13. The largest absolute Gasteiger partial charge is 0.493 e. The molecule has 6 heteroatoms. The van der Waals surface area contributed by atoms with Gasteiger partial charge in [0, 0.05) is 23.3 Å². The molecule has 0 fully saturated rings. The van der Waals surface area contributed by atoms with E-state index in [1.165, 1.54) is 26.4 Å². The zero-order valence-corrected chi connectivity index (χ0v) is 14.2. The first-order chi connectivity index (χ1) is 12.0. The van der Waals surface area contributed by atoms with E-state index < -0.39 is 23.6 Å². The van der Waals surface area contributed by atoms with E-state index in [4.69, 9.17) is 9.47 Å². The van der Waals surface area contributed by atoms with Crippen LogP contribution in [0.15, 0.2) is 42.5 Å². The molecule has 0 unspecified atom stereocenters. The van der Waals surface area contributed by atoms with Gasteiger partial charge in [-0.25, -0.2) is 8.78 Å². The number of methoxy groups -OCH3 is 2. The van der Waals surface area contributed by atoms with E-state index in [0.717, 1.165) is 12.1 Å². The Morgan fingerprint density at radius 3 is 2.56 bits per heavy atom. The molecule has 2 aromatic rings. The summed E-state index contributed by atoms with van der Waals surface area (Å²) in [6.45, 7) is 1.62. The second-order valence-electron chi connectivity index (χ2n) is 5.31. The maximum atomic E-state index is 13.7. The van der Waals surface area contributed by atoms with Crippen molar-refractivity contribution in [2.24, 2.45) is 0 Å². The van der Waals surface area contributed by atoms with Gasteiger partial charge in [0.1, 0.15) is 11.6 Å². The SMILES string of the molecule is COc1cccc(/C=C/C(=O)N[C@H](C)c2ccc(F)cc2F)c1OC. The molecule has 4 nitrogen and oxygen atoms in total. The predicted octanol–water partition coefficient (Wildman–Crippen LogP) is 3.87. The molecular weight excluding hydrogens is 328 g/mol. The highest BCUT2D eigenvalue weighted by molar-refractivity contribution is 5.92. The molecule has 0 radical (unpaired) electrons. The molecule has 0 aliphatic heterocycles. The summed E-state index contributed by atoms with van der Waals surface area (Å²) in [7, 11) is 3.03. The zero-order valence-electron chi connectivity index (χ0n) is 14.2. The number of ether oxygens (including phenoxy) is 2. The Balaban J connectivity index is 2.11. The molecule has 132 valence electrons. The lowest BCUT2D eigenvalue weighted by Gasteiger charge is -2.14. The van der Waals surface area contributed by atoms with Gasteiger partial charge in [0.05, 0.1) is 20.3 Å². The maximum absolute atomic E-state index is 13.7. The highest BCUT2D eigenvalue weighted by atomic mass is 19.1. The quantitative estimate of drug-likeness (QED) is 0.807. The maximum Gasteiger partial charge on any atom is 0.244 e. The van der Waals surface area contributed by atoms with Gasteiger partial charge in [0.15, 0.2) is 11.5 Å². The molecule has 0 aliphatic carbocycles. The Kier molecular flexibility index (Phi) is 6.11. The molecule has 0 aromatic heterocycles. The van der Waals surface area contributed by atoms with Crippen LogP contribution in [0, 0.1) is 11.6 Å². The van der Waals surface area contributed by atoms with Gasteiger partial charge in [-0.1, -0.05) is 18.2 Å². The lowest BCUT2D eigenvalue weighted by molar-refractivity contribution is -0.117. The van der Waals surface area contributed by atoms with E-state index >= 15 is 0 Å². The molecule has 1 N–H and O–H groups in total. The van der Waals surface area contributed by atoms with E-state index in [1.54, 1.807) is 31.2 Å². The van der Waals surface area contributed by atoms with Crippen molar-refractivity contribution in [3.8, 4) is 11.5 Å². The zero-order chi connectivity index (χ0) is 18.4. The summed E-state index contributed by atoms with van der Waals surface area (Å²) >= 11 is 0. The number of carbonyl (C=O) groups is 1. The summed E-state index contributed by atoms with van der Waals surface area (Å²) < 4.78 is 37.2. The second-order valence-corrected chi connectivity index (χ2v) is 5.31. The molecule has 0 saturated heterocycles. The third kappa shape index (κ3) is 4.56. The molecule has 0 saturated carbocycles. The molecule has 1 amide bonds. The van der Waals surface area contributed by atoms with Crippen LogP contribution in [0.4, 0.5) is 8.78 Å². The number of para-hydroxylation sites is 1. The molecule has 0 aliphatic rings. The van der Waals surface area contributed by atoms with E-state index in [2.05, 4.69) is 5.32 Å². The van der Waals surface area contributed by atoms with E-state index in [0.29, 0.717) is 17.1 Å². The molecule has 0 spiro atoms. The van der Waals surface area contributed by atoms with E-state index in [1.807, 2.05) is 0 Å². The lowest BCUT2D eigenvalue weighted by Crippen LogP contribution is -2.25. The third-order valence-electron chi connectivity index (χ3n) is 3.64. The van der Waals surface area contributed by atoms with E-state index in [-0.39, 0.29) is 5.56 Å². The minimum atomic E-state index is -0.703. The van der Waals surface area contributed by atoms with Crippen molar-refractivity contribution in [3.05, 3.63) is 65.2 Å². The van der Waals surface area contributed by atoms with Crippen LogP contribution in [-0.4, -0.2) is 20.1 Å². The van der Waals surface area contributed by atoms with Crippen LogP contribution in [0.5, 0.6) is 11.5 Å². The molecule has 1 atom stereocenters. The van der Waals surface area contributed by atoms with Crippen LogP contribution < -0.4 is 14.8 Å². The van der Waals surface area contributed by atoms with Crippen molar-refractivity contribution >= 4 is 12.0 Å². The Morgan fingerprint density at radius 1 is 1.16 bits per heavy atom. The number of carbonyl (C=O) groups excluding carboxylic acids is 1. The predicted molar refractivity (Wildman–Crippen MR) is 91.5 cm³/mol. The fourth-order valence-electron chi connectivity index (χ4n) is 2.40. The Morgan fingerprint density at radius 2 is 1.92 bits per heavy atom. The number of halogens is 2. The minimum absolute atomic E-state index is 0.210. The summed E-state index contributed by atoms with van der Waals surface area (Å²) in [4.78, 5) is 12.1. The summed E-state index contributed by atoms with van der Waals surface area (Å²) in [5.41, 5.74) is 0.875.